The SMILES string of the molecule is N#Cc1c(C(F)(F)F)cc(-c2ccc3oc4ccccc4c3c2)n(Cc2ccc(F)cc2F)c1=O. The Labute approximate surface area is 194 Å². The maximum atomic E-state index is 14.4. The summed E-state index contributed by atoms with van der Waals surface area (Å²) in [6.07, 6.45) is -4.98. The average molecular weight is 480 g/mol. The van der Waals surface area contributed by atoms with E-state index in [1.165, 1.54) is 12.1 Å². The molecule has 0 atom stereocenters. The minimum absolute atomic E-state index is 0.131. The van der Waals surface area contributed by atoms with Crippen LogP contribution >= 0.6 is 0 Å². The summed E-state index contributed by atoms with van der Waals surface area (Å²) in [7, 11) is 0. The number of hydrogen-bond acceptors (Lipinski definition) is 3. The highest BCUT2D eigenvalue weighted by molar-refractivity contribution is 6.06. The maximum Gasteiger partial charge on any atom is 0.417 e. The summed E-state index contributed by atoms with van der Waals surface area (Å²) < 4.78 is 75.7. The van der Waals surface area contributed by atoms with Crippen molar-refractivity contribution >= 4 is 21.9 Å². The van der Waals surface area contributed by atoms with E-state index in [9.17, 15) is 32.0 Å². The number of hydrogen-bond donors (Lipinski definition) is 0. The fourth-order valence-electron chi connectivity index (χ4n) is 4.08. The van der Waals surface area contributed by atoms with Gasteiger partial charge in [-0.25, -0.2) is 8.78 Å². The summed E-state index contributed by atoms with van der Waals surface area (Å²) >= 11 is 0. The zero-order valence-corrected chi connectivity index (χ0v) is 17.7. The molecule has 174 valence electrons. The Morgan fingerprint density at radius 2 is 1.66 bits per heavy atom. The Kier molecular flexibility index (Phi) is 5.17. The highest BCUT2D eigenvalue weighted by Gasteiger charge is 2.36. The van der Waals surface area contributed by atoms with Crippen LogP contribution in [0.5, 0.6) is 0 Å². The predicted molar refractivity (Wildman–Crippen MR) is 119 cm³/mol. The Hall–Kier alpha value is -4.45. The second-order valence-corrected chi connectivity index (χ2v) is 7.86. The Bertz CT molecular complexity index is 1720. The fourth-order valence-corrected chi connectivity index (χ4v) is 4.08. The van der Waals surface area contributed by atoms with Crippen molar-refractivity contribution in [3.05, 3.63) is 105 Å². The van der Waals surface area contributed by atoms with Crippen molar-refractivity contribution in [2.75, 3.05) is 0 Å². The molecule has 0 N–H and O–H groups in total. The third kappa shape index (κ3) is 3.83. The molecule has 4 nitrogen and oxygen atoms in total. The van der Waals surface area contributed by atoms with Crippen molar-refractivity contribution in [2.45, 2.75) is 12.7 Å². The number of rotatable bonds is 3. The summed E-state index contributed by atoms with van der Waals surface area (Å²) in [6.45, 7) is -0.517. The van der Waals surface area contributed by atoms with Crippen LogP contribution in [-0.4, -0.2) is 4.57 Å². The number of furan rings is 1. The largest absolute Gasteiger partial charge is 0.456 e. The number of alkyl halides is 3. The van der Waals surface area contributed by atoms with E-state index in [1.807, 2.05) is 0 Å². The molecule has 0 saturated carbocycles. The van der Waals surface area contributed by atoms with Crippen LogP contribution in [0.4, 0.5) is 22.0 Å². The van der Waals surface area contributed by atoms with Gasteiger partial charge in [0.15, 0.2) is 0 Å². The quantitative estimate of drug-likeness (QED) is 0.272. The van der Waals surface area contributed by atoms with E-state index in [0.717, 1.165) is 16.7 Å². The molecule has 35 heavy (non-hydrogen) atoms. The minimum atomic E-state index is -4.98. The van der Waals surface area contributed by atoms with Gasteiger partial charge < -0.3 is 8.98 Å². The molecule has 0 spiro atoms. The van der Waals surface area contributed by atoms with Gasteiger partial charge in [0.25, 0.3) is 5.56 Å². The van der Waals surface area contributed by atoms with Gasteiger partial charge in [0.2, 0.25) is 0 Å². The fraction of sp³-hybridized carbons (Fsp3) is 0.0769. The lowest BCUT2D eigenvalue weighted by atomic mass is 10.0. The highest BCUT2D eigenvalue weighted by atomic mass is 19.4. The summed E-state index contributed by atoms with van der Waals surface area (Å²) in [5.41, 5.74) is -2.78. The van der Waals surface area contributed by atoms with Crippen molar-refractivity contribution in [1.82, 2.24) is 4.57 Å². The van der Waals surface area contributed by atoms with Crippen molar-refractivity contribution in [2.24, 2.45) is 0 Å². The molecular weight excluding hydrogens is 467 g/mol. The van der Waals surface area contributed by atoms with E-state index in [-0.39, 0.29) is 16.8 Å². The van der Waals surface area contributed by atoms with Crippen LogP contribution in [-0.2, 0) is 12.7 Å². The van der Waals surface area contributed by atoms with Crippen LogP contribution in [0, 0.1) is 23.0 Å². The standard InChI is InChI=1S/C26H13F5N2O2/c27-16-7-5-15(21(28)10-16)13-33-22(11-20(26(29,30)31)19(12-32)25(33)34)14-6-8-24-18(9-14)17-3-1-2-4-23(17)35-24/h1-11H,13H2. The van der Waals surface area contributed by atoms with Crippen LogP contribution in [0.25, 0.3) is 33.2 Å². The number of pyridine rings is 1. The smallest absolute Gasteiger partial charge is 0.417 e. The molecule has 9 heteroatoms. The van der Waals surface area contributed by atoms with Crippen LogP contribution in [0.3, 0.4) is 0 Å². The molecule has 0 saturated heterocycles. The number of para-hydroxylation sites is 1. The van der Waals surface area contributed by atoms with Gasteiger partial charge in [0.05, 0.1) is 17.8 Å². The Morgan fingerprint density at radius 1 is 0.914 bits per heavy atom. The van der Waals surface area contributed by atoms with E-state index in [1.54, 1.807) is 36.4 Å². The molecule has 0 aliphatic heterocycles. The minimum Gasteiger partial charge on any atom is -0.456 e. The van der Waals surface area contributed by atoms with Gasteiger partial charge in [-0.2, -0.15) is 18.4 Å². The molecule has 0 aliphatic carbocycles. The molecule has 2 heterocycles. The van der Waals surface area contributed by atoms with Crippen molar-refractivity contribution in [3.63, 3.8) is 0 Å². The number of aromatic nitrogens is 1. The molecular formula is C26H13F5N2O2. The summed E-state index contributed by atoms with van der Waals surface area (Å²) in [5, 5.41) is 10.7. The third-order valence-electron chi connectivity index (χ3n) is 5.73. The number of halogens is 5. The monoisotopic (exact) mass is 480 g/mol. The second-order valence-electron chi connectivity index (χ2n) is 7.86. The number of benzene rings is 3. The maximum absolute atomic E-state index is 14.4. The van der Waals surface area contributed by atoms with Crippen LogP contribution in [0.1, 0.15) is 16.7 Å². The van der Waals surface area contributed by atoms with Crippen molar-refractivity contribution in [1.29, 1.82) is 5.26 Å². The molecule has 0 amide bonds. The van der Waals surface area contributed by atoms with Gasteiger partial charge >= 0.3 is 6.18 Å². The van der Waals surface area contributed by atoms with Crippen LogP contribution in [0.2, 0.25) is 0 Å². The summed E-state index contributed by atoms with van der Waals surface area (Å²) in [5.74, 6) is -1.82. The molecule has 0 unspecified atom stereocenters. The van der Waals surface area contributed by atoms with Gasteiger partial charge in [-0.1, -0.05) is 24.3 Å². The first kappa shape index (κ1) is 22.3. The van der Waals surface area contributed by atoms with E-state index < -0.39 is 41.0 Å². The average Bonchev–Trinajstić information content (AvgIpc) is 3.18. The molecule has 0 aliphatic rings. The molecule has 5 rings (SSSR count). The highest BCUT2D eigenvalue weighted by Crippen LogP contribution is 2.36. The van der Waals surface area contributed by atoms with E-state index in [2.05, 4.69) is 0 Å². The Balaban J connectivity index is 1.81. The van der Waals surface area contributed by atoms with Gasteiger partial charge in [0, 0.05) is 22.4 Å². The van der Waals surface area contributed by atoms with Crippen molar-refractivity contribution < 1.29 is 26.4 Å². The van der Waals surface area contributed by atoms with Gasteiger partial charge in [-0.05, 0) is 42.0 Å². The molecule has 3 aromatic carbocycles. The van der Waals surface area contributed by atoms with E-state index in [4.69, 9.17) is 4.42 Å². The molecule has 2 aromatic heterocycles. The third-order valence-corrected chi connectivity index (χ3v) is 5.73. The van der Waals surface area contributed by atoms with Crippen LogP contribution in [0.15, 0.2) is 75.9 Å². The first-order valence-corrected chi connectivity index (χ1v) is 10.3. The molecule has 0 fully saturated rings. The first-order chi connectivity index (χ1) is 16.7. The van der Waals surface area contributed by atoms with Gasteiger partial charge in [-0.15, -0.1) is 0 Å². The second kappa shape index (κ2) is 8.09. The topological polar surface area (TPSA) is 58.9 Å². The van der Waals surface area contributed by atoms with Gasteiger partial charge in [-0.3, -0.25) is 4.79 Å². The number of fused-ring (bicyclic) bond motifs is 3. The van der Waals surface area contributed by atoms with Crippen molar-refractivity contribution in [3.8, 4) is 17.3 Å². The summed E-state index contributed by atoms with van der Waals surface area (Å²) in [4.78, 5) is 13.1. The predicted octanol–water partition coefficient (Wildman–Crippen LogP) is 6.63. The number of nitrogens with zero attached hydrogens (tertiary/aromatic N) is 2. The molecule has 5 aromatic rings. The normalized spacial score (nSPS) is 11.8. The number of nitriles is 1. The Morgan fingerprint density at radius 3 is 2.37 bits per heavy atom. The lowest BCUT2D eigenvalue weighted by Gasteiger charge is -2.18. The van der Waals surface area contributed by atoms with Crippen LogP contribution < -0.4 is 5.56 Å². The first-order valence-electron chi connectivity index (χ1n) is 10.3. The molecule has 0 bridgehead atoms. The zero-order chi connectivity index (χ0) is 24.9. The lowest BCUT2D eigenvalue weighted by molar-refractivity contribution is -0.137. The zero-order valence-electron chi connectivity index (χ0n) is 17.7. The summed E-state index contributed by atoms with van der Waals surface area (Å²) in [6, 6.07) is 16.4. The lowest BCUT2D eigenvalue weighted by Crippen LogP contribution is -2.29. The molecule has 0 radical (unpaired) electrons. The van der Waals surface area contributed by atoms with E-state index in [0.29, 0.717) is 34.1 Å². The van der Waals surface area contributed by atoms with Gasteiger partial charge in [0.1, 0.15) is 34.4 Å². The van der Waals surface area contributed by atoms with E-state index >= 15 is 0 Å².